The Morgan fingerprint density at radius 3 is 2.37 bits per heavy atom. The number of piperidine rings is 1. The highest BCUT2D eigenvalue weighted by Crippen LogP contribution is 2.40. The van der Waals surface area contributed by atoms with Crippen LogP contribution in [0.3, 0.4) is 0 Å². The Morgan fingerprint density at radius 2 is 1.70 bits per heavy atom. The van der Waals surface area contributed by atoms with Crippen molar-refractivity contribution in [2.75, 3.05) is 26.2 Å². The number of hydrogen-bond donors (Lipinski definition) is 2. The third-order valence-electron chi connectivity index (χ3n) is 7.11. The fourth-order valence-electron chi connectivity index (χ4n) is 5.14. The van der Waals surface area contributed by atoms with Gasteiger partial charge in [-0.05, 0) is 82.0 Å². The van der Waals surface area contributed by atoms with Crippen LogP contribution in [0.1, 0.15) is 56.4 Å². The lowest BCUT2D eigenvalue weighted by Gasteiger charge is -2.36. The van der Waals surface area contributed by atoms with Crippen LogP contribution in [0.25, 0.3) is 0 Å². The van der Waals surface area contributed by atoms with Crippen molar-refractivity contribution in [1.82, 2.24) is 10.2 Å². The van der Waals surface area contributed by atoms with E-state index < -0.39 is 5.97 Å². The first-order valence-electron chi connectivity index (χ1n) is 10.9. The maximum atomic E-state index is 11.1. The molecule has 3 fully saturated rings. The Labute approximate surface area is 163 Å². The van der Waals surface area contributed by atoms with Crippen molar-refractivity contribution in [1.29, 1.82) is 0 Å². The van der Waals surface area contributed by atoms with Crippen LogP contribution in [-0.4, -0.2) is 48.2 Å². The molecule has 1 aromatic carbocycles. The van der Waals surface area contributed by atoms with Gasteiger partial charge in [0.05, 0.1) is 5.92 Å². The number of benzene rings is 1. The smallest absolute Gasteiger partial charge is 0.306 e. The lowest BCUT2D eigenvalue weighted by atomic mass is 9.81. The molecule has 0 aromatic heterocycles. The zero-order chi connectivity index (χ0) is 18.6. The minimum absolute atomic E-state index is 0.0832. The third kappa shape index (κ3) is 5.11. The summed E-state index contributed by atoms with van der Waals surface area (Å²) in [5.74, 6) is 1.59. The van der Waals surface area contributed by atoms with Crippen molar-refractivity contribution >= 4 is 5.97 Å². The number of rotatable bonds is 7. The lowest BCUT2D eigenvalue weighted by Crippen LogP contribution is -2.40. The number of aliphatic carboxylic acids is 1. The van der Waals surface area contributed by atoms with Crippen LogP contribution in [0.5, 0.6) is 0 Å². The average Bonchev–Trinajstić information content (AvgIpc) is 3.48. The van der Waals surface area contributed by atoms with Crippen molar-refractivity contribution in [3.8, 4) is 0 Å². The third-order valence-corrected chi connectivity index (χ3v) is 7.11. The molecule has 4 nitrogen and oxygen atoms in total. The van der Waals surface area contributed by atoms with Crippen LogP contribution in [0.2, 0.25) is 0 Å². The summed E-state index contributed by atoms with van der Waals surface area (Å²) in [6.07, 6.45) is 7.86. The second-order valence-electron chi connectivity index (χ2n) is 9.07. The Balaban J connectivity index is 1.11. The minimum Gasteiger partial charge on any atom is -0.481 e. The standard InChI is InChI=1S/C23H34N2O2/c26-23(27)20-8-6-18(7-9-20)16-25-12-10-17(11-13-25)15-24-22-14-21(22)19-4-2-1-3-5-19/h1-5,17-18,20-22,24H,6-16H2,(H,26,27)/t18-,20-,21-,22+/m0/s1. The van der Waals surface area contributed by atoms with Crippen LogP contribution in [0, 0.1) is 17.8 Å². The molecule has 1 saturated heterocycles. The maximum absolute atomic E-state index is 11.1. The largest absolute Gasteiger partial charge is 0.481 e. The molecule has 2 N–H and O–H groups in total. The van der Waals surface area contributed by atoms with Gasteiger partial charge in [0.1, 0.15) is 0 Å². The summed E-state index contributed by atoms with van der Waals surface area (Å²) in [5.41, 5.74) is 1.49. The Bertz CT molecular complexity index is 604. The first-order chi connectivity index (χ1) is 13.2. The van der Waals surface area contributed by atoms with Gasteiger partial charge in [0, 0.05) is 18.5 Å². The molecule has 1 aromatic rings. The Morgan fingerprint density at radius 1 is 1.00 bits per heavy atom. The van der Waals surface area contributed by atoms with E-state index in [2.05, 4.69) is 40.5 Å². The zero-order valence-corrected chi connectivity index (χ0v) is 16.4. The maximum Gasteiger partial charge on any atom is 0.306 e. The van der Waals surface area contributed by atoms with E-state index in [1.165, 1.54) is 51.0 Å². The second kappa shape index (κ2) is 8.74. The van der Waals surface area contributed by atoms with Crippen LogP contribution < -0.4 is 5.32 Å². The van der Waals surface area contributed by atoms with Gasteiger partial charge in [-0.3, -0.25) is 4.79 Å². The topological polar surface area (TPSA) is 52.6 Å². The van der Waals surface area contributed by atoms with Crippen molar-refractivity contribution in [3.63, 3.8) is 0 Å². The average molecular weight is 371 g/mol. The van der Waals surface area contributed by atoms with Gasteiger partial charge >= 0.3 is 5.97 Å². The predicted octanol–water partition coefficient (Wildman–Crippen LogP) is 3.74. The molecular formula is C23H34N2O2. The summed E-state index contributed by atoms with van der Waals surface area (Å²) in [4.78, 5) is 13.7. The number of carboxylic acid groups (broad SMARTS) is 1. The molecule has 4 rings (SSSR count). The van der Waals surface area contributed by atoms with Crippen molar-refractivity contribution < 1.29 is 9.90 Å². The summed E-state index contributed by atoms with van der Waals surface area (Å²) >= 11 is 0. The molecule has 148 valence electrons. The summed E-state index contributed by atoms with van der Waals surface area (Å²) in [5, 5.41) is 12.9. The van der Waals surface area contributed by atoms with E-state index >= 15 is 0 Å². The normalized spacial score (nSPS) is 32.3. The van der Waals surface area contributed by atoms with Crippen LogP contribution in [-0.2, 0) is 4.79 Å². The van der Waals surface area contributed by atoms with Crippen molar-refractivity contribution in [2.45, 2.75) is 56.9 Å². The monoisotopic (exact) mass is 370 g/mol. The summed E-state index contributed by atoms with van der Waals surface area (Å²) in [7, 11) is 0. The fourth-order valence-corrected chi connectivity index (χ4v) is 5.14. The zero-order valence-electron chi connectivity index (χ0n) is 16.4. The molecule has 4 heteroatoms. The number of nitrogens with zero attached hydrogens (tertiary/aromatic N) is 1. The molecule has 3 aliphatic rings. The van der Waals surface area contributed by atoms with E-state index in [-0.39, 0.29) is 5.92 Å². The van der Waals surface area contributed by atoms with E-state index in [4.69, 9.17) is 5.11 Å². The fraction of sp³-hybridized carbons (Fsp3) is 0.696. The molecule has 0 spiro atoms. The highest BCUT2D eigenvalue weighted by atomic mass is 16.4. The SMILES string of the molecule is O=C(O)[C@H]1CC[C@H](CN2CCC(CN[C@@H]3C[C@H]3c3ccccc3)CC2)CC1. The van der Waals surface area contributed by atoms with Crippen LogP contribution >= 0.6 is 0 Å². The van der Waals surface area contributed by atoms with Gasteiger partial charge in [-0.2, -0.15) is 0 Å². The van der Waals surface area contributed by atoms with E-state index in [1.807, 2.05) is 0 Å². The summed E-state index contributed by atoms with van der Waals surface area (Å²) < 4.78 is 0. The van der Waals surface area contributed by atoms with Crippen molar-refractivity contribution in [3.05, 3.63) is 35.9 Å². The number of hydrogen-bond acceptors (Lipinski definition) is 3. The molecule has 0 unspecified atom stereocenters. The highest BCUT2D eigenvalue weighted by Gasteiger charge is 2.38. The molecule has 2 saturated carbocycles. The molecule has 2 aliphatic carbocycles. The van der Waals surface area contributed by atoms with E-state index in [0.29, 0.717) is 12.0 Å². The molecule has 27 heavy (non-hydrogen) atoms. The van der Waals surface area contributed by atoms with Gasteiger partial charge < -0.3 is 15.3 Å². The van der Waals surface area contributed by atoms with Gasteiger partial charge in [-0.1, -0.05) is 30.3 Å². The first-order valence-corrected chi connectivity index (χ1v) is 10.9. The molecule has 2 atom stereocenters. The summed E-state index contributed by atoms with van der Waals surface area (Å²) in [6.45, 7) is 4.80. The molecule has 0 amide bonds. The van der Waals surface area contributed by atoms with Crippen LogP contribution in [0.4, 0.5) is 0 Å². The van der Waals surface area contributed by atoms with E-state index in [0.717, 1.165) is 37.5 Å². The van der Waals surface area contributed by atoms with E-state index in [9.17, 15) is 4.79 Å². The predicted molar refractivity (Wildman–Crippen MR) is 108 cm³/mol. The Hall–Kier alpha value is -1.39. The Kier molecular flexibility index (Phi) is 6.14. The van der Waals surface area contributed by atoms with Gasteiger partial charge in [0.2, 0.25) is 0 Å². The second-order valence-corrected chi connectivity index (χ2v) is 9.07. The van der Waals surface area contributed by atoms with E-state index in [1.54, 1.807) is 0 Å². The highest BCUT2D eigenvalue weighted by molar-refractivity contribution is 5.69. The molecule has 0 radical (unpaired) electrons. The number of nitrogens with one attached hydrogen (secondary N) is 1. The van der Waals surface area contributed by atoms with Gasteiger partial charge in [0.25, 0.3) is 0 Å². The van der Waals surface area contributed by atoms with Crippen molar-refractivity contribution in [2.24, 2.45) is 17.8 Å². The van der Waals surface area contributed by atoms with Crippen LogP contribution in [0.15, 0.2) is 30.3 Å². The van der Waals surface area contributed by atoms with Gasteiger partial charge in [-0.25, -0.2) is 0 Å². The number of carboxylic acids is 1. The lowest BCUT2D eigenvalue weighted by molar-refractivity contribution is -0.143. The number of likely N-dealkylation sites (tertiary alicyclic amines) is 1. The summed E-state index contributed by atoms with van der Waals surface area (Å²) in [6, 6.07) is 11.6. The molecule has 0 bridgehead atoms. The molecule has 1 heterocycles. The minimum atomic E-state index is -0.591. The first kappa shape index (κ1) is 18.9. The molecule has 1 aliphatic heterocycles. The number of carbonyl (C=O) groups is 1. The van der Waals surface area contributed by atoms with Gasteiger partial charge in [0.15, 0.2) is 0 Å². The molecular weight excluding hydrogens is 336 g/mol. The quantitative estimate of drug-likeness (QED) is 0.768. The van der Waals surface area contributed by atoms with Gasteiger partial charge in [-0.15, -0.1) is 0 Å².